The lowest BCUT2D eigenvalue weighted by atomic mass is 11.0. The van der Waals surface area contributed by atoms with Crippen molar-refractivity contribution >= 4 is 130 Å². The van der Waals surface area contributed by atoms with E-state index >= 15 is 0 Å². The number of amides is 2. The summed E-state index contributed by atoms with van der Waals surface area (Å²) < 4.78 is 4.82. The Morgan fingerprint density at radius 3 is 1.81 bits per heavy atom. The van der Waals surface area contributed by atoms with Crippen molar-refractivity contribution in [3.63, 3.8) is 0 Å². The van der Waals surface area contributed by atoms with Crippen molar-refractivity contribution in [2.75, 3.05) is 92.8 Å². The van der Waals surface area contributed by atoms with Gasteiger partial charge in [0.25, 0.3) is 5.24 Å². The number of aliphatic imine (C=N–C) groups is 2. The van der Waals surface area contributed by atoms with Gasteiger partial charge < -0.3 is 35.4 Å². The summed E-state index contributed by atoms with van der Waals surface area (Å²) in [5, 5.41) is 23.3. The van der Waals surface area contributed by atoms with Crippen molar-refractivity contribution in [1.29, 1.82) is 0 Å². The fourth-order valence-electron chi connectivity index (χ4n) is 1.74. The number of nitrogens with zero attached hydrogens (tertiary/aromatic N) is 2. The number of hydrogen-bond donors (Lipinski definition) is 4. The third-order valence-electron chi connectivity index (χ3n) is 3.45. The van der Waals surface area contributed by atoms with Crippen LogP contribution in [0.5, 0.6) is 0 Å². The Morgan fingerprint density at radius 1 is 0.643 bits per heavy atom. The van der Waals surface area contributed by atoms with Crippen molar-refractivity contribution in [3.05, 3.63) is 0 Å². The van der Waals surface area contributed by atoms with Crippen LogP contribution in [-0.2, 0) is 24.3 Å². The molecule has 0 heterocycles. The van der Waals surface area contributed by atoms with Crippen molar-refractivity contribution < 1.29 is 44.1 Å². The highest BCUT2D eigenvalue weighted by Gasteiger charge is 2.02. The number of carbonyl (C=O) groups is 2. The van der Waals surface area contributed by atoms with E-state index in [4.69, 9.17) is 34.5 Å². The second-order valence-corrected chi connectivity index (χ2v) is 16.0. The van der Waals surface area contributed by atoms with E-state index in [9.17, 15) is 9.59 Å². The molecule has 0 saturated heterocycles. The van der Waals surface area contributed by atoms with Gasteiger partial charge in [-0.05, 0) is 0 Å². The number of carbonyl (C=O) groups excluding carboxylic acids is 2. The topological polar surface area (TPSA) is 170 Å². The summed E-state index contributed by atoms with van der Waals surface area (Å²) in [6, 6.07) is 0. The zero-order valence-corrected chi connectivity index (χ0v) is 30.1. The molecule has 0 aromatic heterocycles. The summed E-state index contributed by atoms with van der Waals surface area (Å²) in [4.78, 5) is 50.6. The van der Waals surface area contributed by atoms with Crippen LogP contribution in [0, 0.1) is 0 Å². The van der Waals surface area contributed by atoms with Crippen molar-refractivity contribution in [2.24, 2.45) is 9.98 Å². The molecule has 42 heavy (non-hydrogen) atoms. The van der Waals surface area contributed by atoms with Crippen LogP contribution in [-0.4, -0.2) is 127 Å². The first-order chi connectivity index (χ1) is 20.7. The molecule has 0 aromatic carbocycles. The molecule has 22 heteroatoms. The molecule has 0 unspecified atom stereocenters. The number of ether oxygens (including phenoxy) is 1. The zero-order chi connectivity index (χ0) is 30.6. The van der Waals surface area contributed by atoms with E-state index < -0.39 is 6.09 Å². The van der Waals surface area contributed by atoms with Crippen LogP contribution in [0.4, 0.5) is 9.59 Å². The van der Waals surface area contributed by atoms with E-state index in [-0.39, 0.29) is 29.0 Å². The minimum absolute atomic E-state index is 0.0161. The van der Waals surface area contributed by atoms with E-state index in [1.807, 2.05) is 0 Å². The molecule has 0 aliphatic heterocycles. The molecule has 0 bridgehead atoms. The highest BCUT2D eigenvalue weighted by Crippen LogP contribution is 2.15. The van der Waals surface area contributed by atoms with Gasteiger partial charge in [0.2, 0.25) is 12.8 Å². The van der Waals surface area contributed by atoms with Crippen LogP contribution >= 0.6 is 106 Å². The van der Waals surface area contributed by atoms with Gasteiger partial charge >= 0.3 is 6.09 Å². The van der Waals surface area contributed by atoms with Gasteiger partial charge in [-0.1, -0.05) is 23.5 Å². The number of rotatable bonds is 31. The number of aliphatic hydroxyl groups excluding tert-OH is 2. The third-order valence-corrected chi connectivity index (χ3v) is 11.3. The normalized spacial score (nSPS) is 11.3. The maximum absolute atomic E-state index is 11.8. The Hall–Kier alpha value is 0.670. The van der Waals surface area contributed by atoms with Gasteiger partial charge in [-0.25, -0.2) is 14.8 Å². The molecule has 0 fully saturated rings. The lowest BCUT2D eigenvalue weighted by Crippen LogP contribution is -2.24. The van der Waals surface area contributed by atoms with E-state index in [0.29, 0.717) is 34.5 Å². The van der Waals surface area contributed by atoms with Crippen LogP contribution in [0.3, 0.4) is 0 Å². The minimum atomic E-state index is -0.490. The fourth-order valence-corrected chi connectivity index (χ4v) is 8.11. The van der Waals surface area contributed by atoms with Crippen LogP contribution in [0.2, 0.25) is 0 Å². The Morgan fingerprint density at radius 2 is 1.17 bits per heavy atom. The molecule has 0 aliphatic carbocycles. The molecule has 246 valence electrons. The summed E-state index contributed by atoms with van der Waals surface area (Å²) in [6.07, 6.45) is 2.04. The summed E-state index contributed by atoms with van der Waals surface area (Å²) in [7, 11) is 0. The highest BCUT2D eigenvalue weighted by atomic mass is 32.2. The number of thioether (sulfide) groups is 9. The molecule has 2 amide bonds. The van der Waals surface area contributed by atoms with Gasteiger partial charge in [-0.15, -0.1) is 82.3 Å². The number of alkyl carbamates (subject to hydrolysis) is 1. The number of nitrogens with one attached hydrogen (secondary N) is 2. The predicted octanol–water partition coefficient (Wildman–Crippen LogP) is 4.53. The molecule has 0 spiro atoms. The van der Waals surface area contributed by atoms with E-state index in [0.717, 1.165) is 46.3 Å². The molecule has 0 saturated carbocycles. The monoisotopic (exact) mass is 766 g/mol. The Balaban J connectivity index is 3.26. The molecule has 0 radical (unpaired) electrons. The Bertz CT molecular complexity index is 681. The highest BCUT2D eigenvalue weighted by molar-refractivity contribution is 8.24. The summed E-state index contributed by atoms with van der Waals surface area (Å²) in [5.41, 5.74) is 0. The molecule has 13 nitrogen and oxygen atoms in total. The van der Waals surface area contributed by atoms with E-state index in [1.165, 1.54) is 36.3 Å². The first kappa shape index (κ1) is 42.7. The summed E-state index contributed by atoms with van der Waals surface area (Å²) in [5.74, 6) is 8.20. The molecule has 4 N–H and O–H groups in total. The summed E-state index contributed by atoms with van der Waals surface area (Å²) >= 11 is 13.4. The van der Waals surface area contributed by atoms with E-state index in [2.05, 4.69) is 20.6 Å². The molecular weight excluding hydrogens is 729 g/mol. The van der Waals surface area contributed by atoms with Gasteiger partial charge in [0.05, 0.1) is 35.4 Å². The van der Waals surface area contributed by atoms with Crippen LogP contribution in [0.25, 0.3) is 0 Å². The van der Waals surface area contributed by atoms with Gasteiger partial charge in [-0.3, -0.25) is 4.79 Å². The third kappa shape index (κ3) is 36.9. The van der Waals surface area contributed by atoms with Gasteiger partial charge in [0.15, 0.2) is 0 Å². The predicted molar refractivity (Wildman–Crippen MR) is 190 cm³/mol. The quantitative estimate of drug-likeness (QED) is 0.0194. The molecular formula is C20H38N4O9S9. The van der Waals surface area contributed by atoms with E-state index in [1.54, 1.807) is 70.6 Å². The van der Waals surface area contributed by atoms with Crippen molar-refractivity contribution in [3.8, 4) is 0 Å². The second kappa shape index (κ2) is 37.9. The lowest BCUT2D eigenvalue weighted by molar-refractivity contribution is -0.196. The van der Waals surface area contributed by atoms with Gasteiger partial charge in [-0.2, -0.15) is 9.78 Å². The Kier molecular flexibility index (Phi) is 38.5. The van der Waals surface area contributed by atoms with Gasteiger partial charge in [0.1, 0.15) is 17.8 Å². The molecule has 0 atom stereocenters. The first-order valence-corrected chi connectivity index (χ1v) is 22.1. The fraction of sp³-hybridized carbons (Fsp3) is 0.800. The van der Waals surface area contributed by atoms with Crippen molar-refractivity contribution in [1.82, 2.24) is 10.6 Å². The van der Waals surface area contributed by atoms with Crippen LogP contribution in [0.1, 0.15) is 0 Å². The molecule has 0 aliphatic rings. The van der Waals surface area contributed by atoms with Crippen LogP contribution in [0.15, 0.2) is 9.98 Å². The standard InChI is InChI=1S/C20H38N4O9S9/c25-13-40-15-29-19(27)23-11-36-3-1-34-9-21-7-30-32-16-38-5-6-39-18-42-20(28)24-12-37-4-2-35-10-22-8-31-33-17-41-14-26/h7-8,25-26H,1-6,9-18H2,(H,23,27)(H,24,28). The average molecular weight is 767 g/mol. The lowest BCUT2D eigenvalue weighted by Gasteiger charge is -2.05. The number of aliphatic hydroxyl groups is 2. The smallest absolute Gasteiger partial charge is 0.408 e. The Labute approximate surface area is 285 Å². The molecule has 0 aromatic rings. The minimum Gasteiger partial charge on any atom is -0.438 e. The van der Waals surface area contributed by atoms with Crippen molar-refractivity contribution in [2.45, 2.75) is 0 Å². The van der Waals surface area contributed by atoms with Gasteiger partial charge in [0, 0.05) is 39.6 Å². The SMILES string of the molecule is O=C(NCSCCSCN=COOCSCCSCSC(=O)NCSCCSCN=COOCSCO)OCSCO. The largest absolute Gasteiger partial charge is 0.438 e. The zero-order valence-electron chi connectivity index (χ0n) is 22.8. The van der Waals surface area contributed by atoms with Crippen LogP contribution < -0.4 is 10.6 Å². The number of hydrogen-bond acceptors (Lipinski definition) is 20. The average Bonchev–Trinajstić information content (AvgIpc) is 2.99. The molecule has 0 rings (SSSR count). The summed E-state index contributed by atoms with van der Waals surface area (Å²) in [6.45, 7) is 0. The second-order valence-electron chi connectivity index (χ2n) is 6.36. The maximum Gasteiger partial charge on any atom is 0.408 e. The maximum atomic E-state index is 11.8. The first-order valence-electron chi connectivity index (χ1n) is 11.9.